The second-order valence-electron chi connectivity index (χ2n) is 5.70. The van der Waals surface area contributed by atoms with Crippen LogP contribution >= 0.6 is 23.2 Å². The van der Waals surface area contributed by atoms with Gasteiger partial charge in [-0.3, -0.25) is 5.01 Å². The van der Waals surface area contributed by atoms with Crippen molar-refractivity contribution in [2.45, 2.75) is 13.1 Å². The van der Waals surface area contributed by atoms with E-state index in [0.29, 0.717) is 29.1 Å². The molecule has 26 heavy (non-hydrogen) atoms. The number of nitrogens with one attached hydrogen (secondary N) is 1. The fraction of sp³-hybridized carbons (Fsp3) is 0.118. The third-order valence-electron chi connectivity index (χ3n) is 3.95. The molecule has 0 atom stereocenters. The van der Waals surface area contributed by atoms with Crippen molar-refractivity contribution in [2.24, 2.45) is 5.10 Å². The number of imidazole rings is 1. The van der Waals surface area contributed by atoms with Gasteiger partial charge in [0.1, 0.15) is 21.8 Å². The Hall–Kier alpha value is -2.51. The van der Waals surface area contributed by atoms with E-state index in [0.717, 1.165) is 17.3 Å². The molecule has 0 radical (unpaired) electrons. The number of aromatic amines is 1. The van der Waals surface area contributed by atoms with Crippen molar-refractivity contribution in [1.29, 1.82) is 0 Å². The van der Waals surface area contributed by atoms with Gasteiger partial charge in [-0.2, -0.15) is 5.10 Å². The minimum Gasteiger partial charge on any atom is -0.340 e. The summed E-state index contributed by atoms with van der Waals surface area (Å²) in [5.74, 6) is -1.60. The zero-order valence-electron chi connectivity index (χ0n) is 13.2. The van der Waals surface area contributed by atoms with Crippen LogP contribution in [0.5, 0.6) is 0 Å². The van der Waals surface area contributed by atoms with Gasteiger partial charge < -0.3 is 4.98 Å². The van der Waals surface area contributed by atoms with Gasteiger partial charge in [-0.1, -0.05) is 35.3 Å². The molecule has 1 aliphatic rings. The fourth-order valence-corrected chi connectivity index (χ4v) is 3.08. The number of hydrazone groups is 1. The number of aromatic nitrogens is 3. The molecule has 1 aliphatic heterocycles. The van der Waals surface area contributed by atoms with E-state index in [2.05, 4.69) is 20.1 Å². The van der Waals surface area contributed by atoms with Crippen LogP contribution in [0.1, 0.15) is 17.0 Å². The first-order valence-corrected chi connectivity index (χ1v) is 8.40. The van der Waals surface area contributed by atoms with Crippen LogP contribution in [0, 0.1) is 11.6 Å². The maximum atomic E-state index is 14.0. The average molecular weight is 394 g/mol. The summed E-state index contributed by atoms with van der Waals surface area (Å²) >= 11 is 11.9. The van der Waals surface area contributed by atoms with Crippen LogP contribution < -0.4 is 0 Å². The fourth-order valence-electron chi connectivity index (χ4n) is 2.68. The lowest BCUT2D eigenvalue weighted by Crippen LogP contribution is -2.21. The number of pyridine rings is 1. The highest BCUT2D eigenvalue weighted by molar-refractivity contribution is 6.32. The monoisotopic (exact) mass is 393 g/mol. The molecule has 5 nitrogen and oxygen atoms in total. The Morgan fingerprint density at radius 3 is 2.77 bits per heavy atom. The minimum atomic E-state index is -0.939. The molecule has 1 aromatic carbocycles. The molecule has 0 saturated carbocycles. The Balaban J connectivity index is 1.58. The summed E-state index contributed by atoms with van der Waals surface area (Å²) in [5, 5.41) is 6.70. The predicted octanol–water partition coefficient (Wildman–Crippen LogP) is 4.41. The summed E-state index contributed by atoms with van der Waals surface area (Å²) in [7, 11) is 0. The van der Waals surface area contributed by atoms with Gasteiger partial charge in [0, 0.05) is 5.56 Å². The van der Waals surface area contributed by atoms with Crippen molar-refractivity contribution in [3.63, 3.8) is 0 Å². The molecule has 0 aliphatic carbocycles. The summed E-state index contributed by atoms with van der Waals surface area (Å²) in [6.07, 6.45) is 1.56. The van der Waals surface area contributed by atoms with E-state index in [-0.39, 0.29) is 11.4 Å². The van der Waals surface area contributed by atoms with Gasteiger partial charge in [-0.05, 0) is 18.2 Å². The van der Waals surface area contributed by atoms with Crippen molar-refractivity contribution in [2.75, 3.05) is 0 Å². The number of hydrogen-bond donors (Lipinski definition) is 1. The number of rotatable bonds is 3. The molecular weight excluding hydrogens is 383 g/mol. The number of halogens is 4. The molecule has 0 spiro atoms. The Morgan fingerprint density at radius 1 is 1.12 bits per heavy atom. The van der Waals surface area contributed by atoms with E-state index >= 15 is 0 Å². The lowest BCUT2D eigenvalue weighted by Gasteiger charge is -2.21. The molecule has 0 saturated heterocycles. The van der Waals surface area contributed by atoms with Gasteiger partial charge >= 0.3 is 0 Å². The topological polar surface area (TPSA) is 57.2 Å². The number of H-pyrrole nitrogens is 1. The van der Waals surface area contributed by atoms with Crippen molar-refractivity contribution < 1.29 is 8.78 Å². The largest absolute Gasteiger partial charge is 0.340 e. The molecule has 0 fully saturated rings. The Kier molecular flexibility index (Phi) is 4.34. The Morgan fingerprint density at radius 2 is 1.96 bits per heavy atom. The third kappa shape index (κ3) is 3.15. The SMILES string of the molecule is Fc1cccc(-c2nc3c([nH]2)CN(Cc2ccc(Cl)nc2Cl)N=C3)c1F. The van der Waals surface area contributed by atoms with Crippen LogP contribution in [0.15, 0.2) is 35.4 Å². The Bertz CT molecular complexity index is 1020. The minimum absolute atomic E-state index is 0.0734. The molecule has 0 bridgehead atoms. The van der Waals surface area contributed by atoms with Crippen molar-refractivity contribution in [3.05, 3.63) is 69.2 Å². The predicted molar refractivity (Wildman–Crippen MR) is 95.0 cm³/mol. The molecule has 3 aromatic rings. The van der Waals surface area contributed by atoms with Crippen molar-refractivity contribution in [1.82, 2.24) is 20.0 Å². The van der Waals surface area contributed by atoms with E-state index in [1.165, 1.54) is 12.1 Å². The molecule has 9 heteroatoms. The second-order valence-corrected chi connectivity index (χ2v) is 6.45. The summed E-state index contributed by atoms with van der Waals surface area (Å²) < 4.78 is 27.4. The molecule has 4 rings (SSSR count). The zero-order chi connectivity index (χ0) is 18.3. The van der Waals surface area contributed by atoms with Crippen LogP contribution in [0.25, 0.3) is 11.4 Å². The standard InChI is InChI=1S/C17H11Cl2F2N5/c18-14-5-4-9(16(19)25-14)7-26-8-13-12(6-22-26)23-17(24-13)10-2-1-3-11(20)15(10)21/h1-6H,7-8H2,(H,23,24). The molecule has 132 valence electrons. The van der Waals surface area contributed by atoms with Gasteiger partial charge in [0.2, 0.25) is 0 Å². The average Bonchev–Trinajstić information content (AvgIpc) is 3.03. The number of benzene rings is 1. The number of nitrogens with zero attached hydrogens (tertiary/aromatic N) is 4. The lowest BCUT2D eigenvalue weighted by atomic mass is 10.2. The highest BCUT2D eigenvalue weighted by atomic mass is 35.5. The van der Waals surface area contributed by atoms with Crippen LogP contribution in [0.3, 0.4) is 0 Å². The van der Waals surface area contributed by atoms with E-state index in [9.17, 15) is 8.78 Å². The van der Waals surface area contributed by atoms with Crippen LogP contribution in [-0.4, -0.2) is 26.2 Å². The van der Waals surface area contributed by atoms with Gasteiger partial charge in [0.25, 0.3) is 0 Å². The maximum absolute atomic E-state index is 14.0. The molecular formula is C17H11Cl2F2N5. The van der Waals surface area contributed by atoms with Gasteiger partial charge in [-0.15, -0.1) is 0 Å². The summed E-state index contributed by atoms with van der Waals surface area (Å²) in [6, 6.07) is 7.41. The number of hydrogen-bond acceptors (Lipinski definition) is 4. The highest BCUT2D eigenvalue weighted by Crippen LogP contribution is 2.26. The van der Waals surface area contributed by atoms with E-state index in [4.69, 9.17) is 23.2 Å². The summed E-state index contributed by atoms with van der Waals surface area (Å²) in [4.78, 5) is 11.3. The van der Waals surface area contributed by atoms with Crippen LogP contribution in [-0.2, 0) is 13.1 Å². The first-order chi connectivity index (χ1) is 12.5. The van der Waals surface area contributed by atoms with Crippen molar-refractivity contribution >= 4 is 29.4 Å². The van der Waals surface area contributed by atoms with Gasteiger partial charge in [0.05, 0.1) is 30.6 Å². The van der Waals surface area contributed by atoms with Gasteiger partial charge in [0.15, 0.2) is 11.6 Å². The summed E-state index contributed by atoms with van der Waals surface area (Å²) in [5.41, 5.74) is 2.17. The first kappa shape index (κ1) is 16.9. The third-order valence-corrected chi connectivity index (χ3v) is 4.48. The zero-order valence-corrected chi connectivity index (χ0v) is 14.7. The van der Waals surface area contributed by atoms with Crippen molar-refractivity contribution in [3.8, 4) is 11.4 Å². The van der Waals surface area contributed by atoms with Crippen LogP contribution in [0.4, 0.5) is 8.78 Å². The highest BCUT2D eigenvalue weighted by Gasteiger charge is 2.20. The lowest BCUT2D eigenvalue weighted by molar-refractivity contribution is 0.264. The number of fused-ring (bicyclic) bond motifs is 1. The summed E-state index contributed by atoms with van der Waals surface area (Å²) in [6.45, 7) is 0.830. The second kappa shape index (κ2) is 6.66. The van der Waals surface area contributed by atoms with Crippen LogP contribution in [0.2, 0.25) is 10.3 Å². The molecule has 1 N–H and O–H groups in total. The van der Waals surface area contributed by atoms with Gasteiger partial charge in [-0.25, -0.2) is 18.7 Å². The first-order valence-electron chi connectivity index (χ1n) is 7.64. The van der Waals surface area contributed by atoms with E-state index in [1.54, 1.807) is 23.4 Å². The molecule has 0 unspecified atom stereocenters. The molecule has 3 heterocycles. The normalized spacial score (nSPS) is 13.2. The van der Waals surface area contributed by atoms with E-state index in [1.807, 2.05) is 0 Å². The molecule has 0 amide bonds. The van der Waals surface area contributed by atoms with E-state index < -0.39 is 11.6 Å². The smallest absolute Gasteiger partial charge is 0.169 e. The maximum Gasteiger partial charge on any atom is 0.169 e. The quantitative estimate of drug-likeness (QED) is 0.670. The Labute approximate surface area is 157 Å². The molecule has 2 aromatic heterocycles.